The summed E-state index contributed by atoms with van der Waals surface area (Å²) < 4.78 is 2.89. The van der Waals surface area contributed by atoms with E-state index >= 15 is 0 Å². The molecule has 0 aliphatic heterocycles. The van der Waals surface area contributed by atoms with E-state index in [-0.39, 0.29) is 0 Å². The molecule has 0 spiro atoms. The Bertz CT molecular complexity index is 431. The first-order valence-corrected chi connectivity index (χ1v) is 5.39. The second-order valence-electron chi connectivity index (χ2n) is 2.84. The van der Waals surface area contributed by atoms with Crippen LogP contribution in [0.1, 0.15) is 0 Å². The van der Waals surface area contributed by atoms with E-state index in [0.717, 1.165) is 5.56 Å². The van der Waals surface area contributed by atoms with Crippen molar-refractivity contribution in [3.8, 4) is 11.3 Å². The van der Waals surface area contributed by atoms with Crippen LogP contribution >= 0.6 is 34.5 Å². The molecule has 0 saturated carbocycles. The van der Waals surface area contributed by atoms with Gasteiger partial charge in [-0.3, -0.25) is 4.68 Å². The van der Waals surface area contributed by atoms with E-state index in [1.54, 1.807) is 16.9 Å². The van der Waals surface area contributed by atoms with Crippen molar-refractivity contribution in [2.24, 2.45) is 7.05 Å². The smallest absolute Gasteiger partial charge is 0.118 e. The van der Waals surface area contributed by atoms with Crippen molar-refractivity contribution in [3.63, 3.8) is 0 Å². The van der Waals surface area contributed by atoms with E-state index in [4.69, 9.17) is 28.9 Å². The van der Waals surface area contributed by atoms with Crippen LogP contribution in [0.25, 0.3) is 11.3 Å². The van der Waals surface area contributed by atoms with Crippen molar-refractivity contribution in [1.82, 2.24) is 9.78 Å². The number of anilines is 1. The molecule has 0 radical (unpaired) electrons. The average Bonchev–Trinajstić information content (AvgIpc) is 2.55. The Hall–Kier alpha value is -0.710. The molecule has 0 saturated heterocycles. The van der Waals surface area contributed by atoms with E-state index in [1.165, 1.54) is 11.3 Å². The number of hydrogen-bond acceptors (Lipinski definition) is 3. The summed E-state index contributed by atoms with van der Waals surface area (Å²) in [5.74, 6) is 0. The molecule has 0 amide bonds. The quantitative estimate of drug-likeness (QED) is 0.842. The second kappa shape index (κ2) is 3.46. The van der Waals surface area contributed by atoms with Gasteiger partial charge >= 0.3 is 0 Å². The van der Waals surface area contributed by atoms with Crippen LogP contribution < -0.4 is 5.73 Å². The first-order chi connectivity index (χ1) is 6.58. The lowest BCUT2D eigenvalue weighted by Crippen LogP contribution is -1.87. The van der Waals surface area contributed by atoms with Gasteiger partial charge < -0.3 is 5.73 Å². The van der Waals surface area contributed by atoms with E-state index in [2.05, 4.69) is 5.10 Å². The third-order valence-corrected chi connectivity index (χ3v) is 3.26. The molecule has 14 heavy (non-hydrogen) atoms. The zero-order valence-corrected chi connectivity index (χ0v) is 9.62. The van der Waals surface area contributed by atoms with Crippen LogP contribution in [0, 0.1) is 0 Å². The number of aromatic nitrogens is 2. The SMILES string of the molecule is Cn1cc(N)c(-c2cc(Cl)sc2Cl)n1. The van der Waals surface area contributed by atoms with Gasteiger partial charge in [-0.15, -0.1) is 11.3 Å². The molecule has 0 aliphatic carbocycles. The van der Waals surface area contributed by atoms with Crippen LogP contribution in [0.15, 0.2) is 12.3 Å². The monoisotopic (exact) mass is 247 g/mol. The first kappa shape index (κ1) is 9.83. The van der Waals surface area contributed by atoms with Crippen LogP contribution in [0.5, 0.6) is 0 Å². The highest BCUT2D eigenvalue weighted by molar-refractivity contribution is 7.20. The maximum Gasteiger partial charge on any atom is 0.118 e. The van der Waals surface area contributed by atoms with Crippen molar-refractivity contribution in [2.45, 2.75) is 0 Å². The molecule has 2 N–H and O–H groups in total. The second-order valence-corrected chi connectivity index (χ2v) is 5.13. The van der Waals surface area contributed by atoms with Gasteiger partial charge in [0.05, 0.1) is 10.0 Å². The molecule has 0 aromatic carbocycles. The molecule has 2 aromatic rings. The van der Waals surface area contributed by atoms with Crippen LogP contribution in [0.3, 0.4) is 0 Å². The number of nitrogens with zero attached hydrogens (tertiary/aromatic N) is 2. The number of thiophene rings is 1. The predicted molar refractivity (Wildman–Crippen MR) is 61.0 cm³/mol. The lowest BCUT2D eigenvalue weighted by Gasteiger charge is -1.93. The van der Waals surface area contributed by atoms with Gasteiger partial charge in [-0.05, 0) is 6.07 Å². The minimum Gasteiger partial charge on any atom is -0.396 e. The molecular weight excluding hydrogens is 241 g/mol. The molecule has 0 unspecified atom stereocenters. The zero-order chi connectivity index (χ0) is 10.3. The largest absolute Gasteiger partial charge is 0.396 e. The normalized spacial score (nSPS) is 10.8. The summed E-state index contributed by atoms with van der Waals surface area (Å²) in [5.41, 5.74) is 7.84. The van der Waals surface area contributed by atoms with Gasteiger partial charge in [-0.2, -0.15) is 5.10 Å². The molecule has 3 nitrogen and oxygen atoms in total. The third-order valence-electron chi connectivity index (χ3n) is 1.77. The Morgan fingerprint density at radius 3 is 2.64 bits per heavy atom. The average molecular weight is 248 g/mol. The van der Waals surface area contributed by atoms with Gasteiger partial charge in [0, 0.05) is 18.8 Å². The fraction of sp³-hybridized carbons (Fsp3) is 0.125. The highest BCUT2D eigenvalue weighted by Crippen LogP contribution is 2.39. The number of hydrogen-bond donors (Lipinski definition) is 1. The fourth-order valence-electron chi connectivity index (χ4n) is 1.22. The van der Waals surface area contributed by atoms with Crippen LogP contribution in [0.4, 0.5) is 5.69 Å². The number of nitrogen functional groups attached to an aromatic ring is 1. The molecular formula is C8H7Cl2N3S. The molecule has 0 bridgehead atoms. The molecule has 2 rings (SSSR count). The molecule has 2 aromatic heterocycles. The van der Waals surface area contributed by atoms with Gasteiger partial charge in [-0.1, -0.05) is 23.2 Å². The summed E-state index contributed by atoms with van der Waals surface area (Å²) in [6.45, 7) is 0. The summed E-state index contributed by atoms with van der Waals surface area (Å²) in [5, 5.41) is 4.21. The third kappa shape index (κ3) is 1.61. The first-order valence-electron chi connectivity index (χ1n) is 3.82. The minimum absolute atomic E-state index is 0.601. The molecule has 2 heterocycles. The van der Waals surface area contributed by atoms with E-state index < -0.39 is 0 Å². The number of rotatable bonds is 1. The fourth-order valence-corrected chi connectivity index (χ4v) is 2.68. The maximum atomic E-state index is 5.99. The van der Waals surface area contributed by atoms with E-state index in [9.17, 15) is 0 Å². The zero-order valence-electron chi connectivity index (χ0n) is 7.29. The number of halogens is 2. The topological polar surface area (TPSA) is 43.8 Å². The molecule has 6 heteroatoms. The lowest BCUT2D eigenvalue weighted by atomic mass is 10.2. The predicted octanol–water partition coefficient (Wildman–Crippen LogP) is 3.04. The number of aryl methyl sites for hydroxylation is 1. The molecule has 0 aliphatic rings. The van der Waals surface area contributed by atoms with Crippen molar-refractivity contribution in [3.05, 3.63) is 20.9 Å². The maximum absolute atomic E-state index is 5.99. The Morgan fingerprint density at radius 2 is 2.21 bits per heavy atom. The van der Waals surface area contributed by atoms with E-state index in [1.807, 2.05) is 7.05 Å². The standard InChI is InChI=1S/C8H7Cl2N3S/c1-13-3-5(11)7(12-13)4-2-6(9)14-8(4)10/h2-3H,11H2,1H3. The summed E-state index contributed by atoms with van der Waals surface area (Å²) in [6, 6.07) is 1.77. The Labute approximate surface area is 95.0 Å². The van der Waals surface area contributed by atoms with Crippen LogP contribution in [0.2, 0.25) is 8.67 Å². The molecule has 74 valence electrons. The minimum atomic E-state index is 0.601. The summed E-state index contributed by atoms with van der Waals surface area (Å²) >= 11 is 13.1. The Kier molecular flexibility index (Phi) is 2.43. The lowest BCUT2D eigenvalue weighted by molar-refractivity contribution is 0.771. The highest BCUT2D eigenvalue weighted by Gasteiger charge is 2.13. The Balaban J connectivity index is 2.59. The van der Waals surface area contributed by atoms with E-state index in [0.29, 0.717) is 20.1 Å². The highest BCUT2D eigenvalue weighted by atomic mass is 35.5. The molecule has 0 atom stereocenters. The Morgan fingerprint density at radius 1 is 1.50 bits per heavy atom. The molecule has 0 fully saturated rings. The number of nitrogens with two attached hydrogens (primary N) is 1. The van der Waals surface area contributed by atoms with Gasteiger partial charge in [-0.25, -0.2) is 0 Å². The van der Waals surface area contributed by atoms with Gasteiger partial charge in [0.2, 0.25) is 0 Å². The van der Waals surface area contributed by atoms with Crippen LogP contribution in [-0.2, 0) is 7.05 Å². The van der Waals surface area contributed by atoms with Crippen molar-refractivity contribution in [2.75, 3.05) is 5.73 Å². The van der Waals surface area contributed by atoms with Gasteiger partial charge in [0.15, 0.2) is 0 Å². The van der Waals surface area contributed by atoms with Gasteiger partial charge in [0.1, 0.15) is 10.0 Å². The van der Waals surface area contributed by atoms with Crippen molar-refractivity contribution >= 4 is 40.2 Å². The van der Waals surface area contributed by atoms with Gasteiger partial charge in [0.25, 0.3) is 0 Å². The summed E-state index contributed by atoms with van der Waals surface area (Å²) in [4.78, 5) is 0. The van der Waals surface area contributed by atoms with Crippen LogP contribution in [-0.4, -0.2) is 9.78 Å². The summed E-state index contributed by atoms with van der Waals surface area (Å²) in [6.07, 6.45) is 1.73. The van der Waals surface area contributed by atoms with Crippen molar-refractivity contribution < 1.29 is 0 Å². The summed E-state index contributed by atoms with van der Waals surface area (Å²) in [7, 11) is 1.81. The van der Waals surface area contributed by atoms with Crippen molar-refractivity contribution in [1.29, 1.82) is 0 Å².